The Kier molecular flexibility index (Phi) is 6.53. The Hall–Kier alpha value is -3.94. The second kappa shape index (κ2) is 9.68. The van der Waals surface area contributed by atoms with Gasteiger partial charge in [-0.25, -0.2) is 0 Å². The molecule has 2 heterocycles. The second-order valence-corrected chi connectivity index (χ2v) is 8.20. The van der Waals surface area contributed by atoms with Crippen molar-refractivity contribution in [1.29, 1.82) is 0 Å². The van der Waals surface area contributed by atoms with Crippen molar-refractivity contribution in [2.45, 2.75) is 25.8 Å². The number of carbonyl (C=O) groups is 3. The zero-order valence-electron chi connectivity index (χ0n) is 18.4. The maximum absolute atomic E-state index is 12.6. The fraction of sp³-hybridized carbons (Fsp3) is 0.280. The lowest BCUT2D eigenvalue weighted by atomic mass is 10.0. The molecule has 1 aliphatic rings. The van der Waals surface area contributed by atoms with Crippen LogP contribution in [0.15, 0.2) is 59.5 Å². The maximum Gasteiger partial charge on any atom is 0.257 e. The summed E-state index contributed by atoms with van der Waals surface area (Å²) in [6.45, 7) is 2.69. The van der Waals surface area contributed by atoms with Crippen LogP contribution >= 0.6 is 0 Å². The summed E-state index contributed by atoms with van der Waals surface area (Å²) >= 11 is 0. The zero-order chi connectivity index (χ0) is 23.4. The number of hydrogen-bond acceptors (Lipinski definition) is 4. The number of H-pyrrole nitrogens is 1. The fourth-order valence-electron chi connectivity index (χ4n) is 4.06. The number of nitrogens with zero attached hydrogens (tertiary/aromatic N) is 1. The molecular weight excluding hydrogens is 420 g/mol. The first-order valence-corrected chi connectivity index (χ1v) is 11.0. The number of hydrogen-bond donors (Lipinski definition) is 3. The summed E-state index contributed by atoms with van der Waals surface area (Å²) in [6, 6.07) is 14.4. The van der Waals surface area contributed by atoms with Gasteiger partial charge in [0.1, 0.15) is 5.56 Å². The molecule has 8 nitrogen and oxygen atoms in total. The van der Waals surface area contributed by atoms with Gasteiger partial charge in [0.15, 0.2) is 0 Å². The minimum atomic E-state index is -0.587. The second-order valence-electron chi connectivity index (χ2n) is 8.20. The van der Waals surface area contributed by atoms with Crippen molar-refractivity contribution in [3.63, 3.8) is 0 Å². The first kappa shape index (κ1) is 22.3. The van der Waals surface area contributed by atoms with Crippen LogP contribution in [0.3, 0.4) is 0 Å². The van der Waals surface area contributed by atoms with Crippen LogP contribution in [0.4, 0.5) is 0 Å². The number of carbonyl (C=O) groups excluding carboxylic acids is 3. The number of rotatable bonds is 5. The highest BCUT2D eigenvalue weighted by Gasteiger charge is 2.25. The summed E-state index contributed by atoms with van der Waals surface area (Å²) in [5.41, 5.74) is 1.82. The molecular formula is C25H26N4O4. The van der Waals surface area contributed by atoms with E-state index in [1.165, 1.54) is 6.20 Å². The van der Waals surface area contributed by atoms with E-state index in [4.69, 9.17) is 0 Å². The highest BCUT2D eigenvalue weighted by Crippen LogP contribution is 2.13. The molecule has 0 radical (unpaired) electrons. The third-order valence-corrected chi connectivity index (χ3v) is 6.01. The molecule has 3 amide bonds. The molecule has 3 N–H and O–H groups in total. The molecule has 0 aliphatic carbocycles. The lowest BCUT2D eigenvalue weighted by Gasteiger charge is -2.32. The number of nitrogens with one attached hydrogen (secondary N) is 3. The third-order valence-electron chi connectivity index (χ3n) is 6.01. The molecule has 0 saturated carbocycles. The number of aromatic amines is 1. The van der Waals surface area contributed by atoms with Crippen molar-refractivity contribution < 1.29 is 14.4 Å². The van der Waals surface area contributed by atoms with Crippen LogP contribution in [0.2, 0.25) is 0 Å². The molecule has 2 aromatic carbocycles. The van der Waals surface area contributed by atoms with Crippen LogP contribution in [-0.4, -0.2) is 53.3 Å². The van der Waals surface area contributed by atoms with Gasteiger partial charge in [-0.1, -0.05) is 30.3 Å². The van der Waals surface area contributed by atoms with E-state index in [1.54, 1.807) is 35.2 Å². The monoisotopic (exact) mass is 446 g/mol. The molecule has 0 spiro atoms. The van der Waals surface area contributed by atoms with E-state index in [2.05, 4.69) is 15.6 Å². The highest BCUT2D eigenvalue weighted by atomic mass is 16.2. The number of benzene rings is 2. The molecule has 1 aromatic heterocycles. The van der Waals surface area contributed by atoms with Crippen LogP contribution in [0.25, 0.3) is 10.9 Å². The van der Waals surface area contributed by atoms with Gasteiger partial charge in [0, 0.05) is 41.8 Å². The Bertz CT molecular complexity index is 1260. The first-order valence-electron chi connectivity index (χ1n) is 11.0. The van der Waals surface area contributed by atoms with Gasteiger partial charge in [-0.15, -0.1) is 0 Å². The minimum Gasteiger partial charge on any atom is -0.360 e. The number of fused-ring (bicyclic) bond motifs is 1. The Labute approximate surface area is 191 Å². The number of pyridine rings is 1. The average Bonchev–Trinajstić information content (AvgIpc) is 2.83. The van der Waals surface area contributed by atoms with E-state index in [0.717, 1.165) is 5.56 Å². The van der Waals surface area contributed by atoms with Gasteiger partial charge in [-0.05, 0) is 43.5 Å². The molecule has 1 aliphatic heterocycles. The van der Waals surface area contributed by atoms with Crippen LogP contribution in [0, 0.1) is 6.92 Å². The summed E-state index contributed by atoms with van der Waals surface area (Å²) in [5.74, 6) is -0.911. The van der Waals surface area contributed by atoms with Crippen LogP contribution in [0.5, 0.6) is 0 Å². The van der Waals surface area contributed by atoms with E-state index in [0.29, 0.717) is 42.4 Å². The van der Waals surface area contributed by atoms with Gasteiger partial charge in [0.05, 0.1) is 6.54 Å². The molecule has 8 heteroatoms. The quantitative estimate of drug-likeness (QED) is 0.557. The minimum absolute atomic E-state index is 0.00749. The number of likely N-dealkylation sites (tertiary alicyclic amines) is 1. The number of para-hydroxylation sites is 1. The fourth-order valence-corrected chi connectivity index (χ4v) is 4.06. The van der Waals surface area contributed by atoms with Crippen molar-refractivity contribution in [3.8, 4) is 0 Å². The first-order chi connectivity index (χ1) is 15.9. The van der Waals surface area contributed by atoms with Gasteiger partial charge in [0.2, 0.25) is 11.3 Å². The molecule has 1 fully saturated rings. The topological polar surface area (TPSA) is 111 Å². The molecule has 1 saturated heterocycles. The van der Waals surface area contributed by atoms with Crippen LogP contribution in [0.1, 0.15) is 39.1 Å². The molecule has 33 heavy (non-hydrogen) atoms. The van der Waals surface area contributed by atoms with Crippen molar-refractivity contribution >= 4 is 28.6 Å². The summed E-state index contributed by atoms with van der Waals surface area (Å²) in [5, 5.41) is 6.02. The van der Waals surface area contributed by atoms with Gasteiger partial charge in [-0.3, -0.25) is 19.2 Å². The van der Waals surface area contributed by atoms with Crippen molar-refractivity contribution in [3.05, 3.63) is 81.6 Å². The van der Waals surface area contributed by atoms with Gasteiger partial charge in [0.25, 0.3) is 11.8 Å². The van der Waals surface area contributed by atoms with Crippen LogP contribution < -0.4 is 16.1 Å². The summed E-state index contributed by atoms with van der Waals surface area (Å²) < 4.78 is 0. The molecule has 0 bridgehead atoms. The Morgan fingerprint density at radius 2 is 1.67 bits per heavy atom. The zero-order valence-corrected chi connectivity index (χ0v) is 18.4. The predicted molar refractivity (Wildman–Crippen MR) is 125 cm³/mol. The van der Waals surface area contributed by atoms with E-state index in [-0.39, 0.29) is 35.4 Å². The lowest BCUT2D eigenvalue weighted by Crippen LogP contribution is -2.49. The molecule has 4 rings (SSSR count). The standard InChI is InChI=1S/C25H26N4O4/c1-16-6-2-3-7-18(16)25(33)28-17-10-12-29(13-11-17)22(30)15-27-24(32)20-14-26-21-9-5-4-8-19(21)23(20)31/h2-9,14,17H,10-13,15H2,1H3,(H,26,31)(H,27,32)(H,28,33). The number of amides is 3. The Balaban J connectivity index is 1.28. The van der Waals surface area contributed by atoms with Gasteiger partial charge in [-0.2, -0.15) is 0 Å². The van der Waals surface area contributed by atoms with E-state index in [1.807, 2.05) is 25.1 Å². The molecule has 0 unspecified atom stereocenters. The van der Waals surface area contributed by atoms with Crippen molar-refractivity contribution in [1.82, 2.24) is 20.5 Å². The number of aromatic nitrogens is 1. The molecule has 170 valence electrons. The van der Waals surface area contributed by atoms with Gasteiger partial charge < -0.3 is 20.5 Å². The highest BCUT2D eigenvalue weighted by molar-refractivity contribution is 5.99. The Morgan fingerprint density at radius 3 is 2.42 bits per heavy atom. The van der Waals surface area contributed by atoms with Crippen molar-refractivity contribution in [2.24, 2.45) is 0 Å². The molecule has 3 aromatic rings. The smallest absolute Gasteiger partial charge is 0.257 e. The number of piperidine rings is 1. The molecule has 0 atom stereocenters. The van der Waals surface area contributed by atoms with E-state index >= 15 is 0 Å². The SMILES string of the molecule is Cc1ccccc1C(=O)NC1CCN(C(=O)CNC(=O)c2c[nH]c3ccccc3c2=O)CC1. The number of aryl methyl sites for hydroxylation is 1. The Morgan fingerprint density at radius 1 is 0.970 bits per heavy atom. The van der Waals surface area contributed by atoms with Crippen molar-refractivity contribution in [2.75, 3.05) is 19.6 Å². The van der Waals surface area contributed by atoms with E-state index in [9.17, 15) is 19.2 Å². The largest absolute Gasteiger partial charge is 0.360 e. The third kappa shape index (κ3) is 4.95. The normalized spacial score (nSPS) is 14.2. The summed E-state index contributed by atoms with van der Waals surface area (Å²) in [6.07, 6.45) is 2.65. The summed E-state index contributed by atoms with van der Waals surface area (Å²) in [7, 11) is 0. The average molecular weight is 447 g/mol. The van der Waals surface area contributed by atoms with E-state index < -0.39 is 5.91 Å². The lowest BCUT2D eigenvalue weighted by molar-refractivity contribution is -0.131. The van der Waals surface area contributed by atoms with Gasteiger partial charge >= 0.3 is 0 Å². The summed E-state index contributed by atoms with van der Waals surface area (Å²) in [4.78, 5) is 54.7. The maximum atomic E-state index is 12.6. The predicted octanol–water partition coefficient (Wildman–Crippen LogP) is 1.99. The van der Waals surface area contributed by atoms with Crippen LogP contribution in [-0.2, 0) is 4.79 Å².